The molecule has 3 rings (SSSR count). The van der Waals surface area contributed by atoms with Crippen molar-refractivity contribution in [2.75, 3.05) is 0 Å². The van der Waals surface area contributed by atoms with Gasteiger partial charge < -0.3 is 9.67 Å². The Labute approximate surface area is 164 Å². The van der Waals surface area contributed by atoms with Gasteiger partial charge in [-0.1, -0.05) is 66.2 Å². The van der Waals surface area contributed by atoms with Crippen LogP contribution in [0.15, 0.2) is 74.4 Å². The minimum absolute atomic E-state index is 0.0539. The number of hydrogen-bond acceptors (Lipinski definition) is 2. The second kappa shape index (κ2) is 9.02. The summed E-state index contributed by atoms with van der Waals surface area (Å²) in [4.78, 5) is 12.1. The summed E-state index contributed by atoms with van der Waals surface area (Å²) >= 11 is 6.40. The van der Waals surface area contributed by atoms with Gasteiger partial charge in [0, 0.05) is 5.69 Å². The molecular weight excluding hydrogens is 446 g/mol. The third-order valence-electron chi connectivity index (χ3n) is 3.70. The molecule has 2 aromatic carbocycles. The molecule has 0 atom stereocenters. The molecule has 0 radical (unpaired) electrons. The molecule has 1 heterocycles. The summed E-state index contributed by atoms with van der Waals surface area (Å²) in [6, 6.07) is 20.0. The van der Waals surface area contributed by atoms with Crippen molar-refractivity contribution in [3.8, 4) is 5.75 Å². The number of benzene rings is 2. The molecule has 0 aliphatic heterocycles. The molecule has 0 spiro atoms. The van der Waals surface area contributed by atoms with E-state index < -0.39 is 0 Å². The number of rotatable bonds is 2. The fraction of sp³-hybridized carbons (Fsp3) is 0.150. The number of aromatic hydroxyl groups is 1. The van der Waals surface area contributed by atoms with Crippen LogP contribution in [0.1, 0.15) is 16.8 Å². The van der Waals surface area contributed by atoms with E-state index in [0.29, 0.717) is 16.7 Å². The van der Waals surface area contributed by atoms with Gasteiger partial charge in [-0.15, -0.1) is 0 Å². The maximum atomic E-state index is 12.1. The summed E-state index contributed by atoms with van der Waals surface area (Å²) in [7, 11) is 0. The van der Waals surface area contributed by atoms with Crippen LogP contribution in [0, 0.1) is 13.8 Å². The maximum absolute atomic E-state index is 12.1. The van der Waals surface area contributed by atoms with E-state index in [2.05, 4.69) is 50.9 Å². The Morgan fingerprint density at radius 1 is 0.880 bits per heavy atom. The number of hydrogen-bond donors (Lipinski definition) is 1. The predicted octanol–water partition coefficient (Wildman–Crippen LogP) is 5.43. The highest BCUT2D eigenvalue weighted by Gasteiger charge is 2.15. The highest BCUT2D eigenvalue weighted by molar-refractivity contribution is 9.11. The van der Waals surface area contributed by atoms with Gasteiger partial charge in [-0.05, 0) is 51.3 Å². The van der Waals surface area contributed by atoms with Gasteiger partial charge in [0.05, 0.1) is 11.0 Å². The molecule has 0 aliphatic carbocycles. The van der Waals surface area contributed by atoms with Crippen molar-refractivity contribution >= 4 is 31.9 Å². The maximum Gasteiger partial charge on any atom is 0.269 e. The highest BCUT2D eigenvalue weighted by atomic mass is 79.9. The third-order valence-corrected chi connectivity index (χ3v) is 5.36. The van der Waals surface area contributed by atoms with E-state index in [9.17, 15) is 9.90 Å². The quantitative estimate of drug-likeness (QED) is 0.549. The average molecular weight is 465 g/mol. The topological polar surface area (TPSA) is 42.2 Å². The average Bonchev–Trinajstić information content (AvgIpc) is 2.64. The molecule has 3 nitrogen and oxygen atoms in total. The van der Waals surface area contributed by atoms with Crippen molar-refractivity contribution in [3.63, 3.8) is 0 Å². The first-order valence-electron chi connectivity index (χ1n) is 7.74. The normalized spacial score (nSPS) is 10.1. The first-order valence-corrected chi connectivity index (χ1v) is 9.33. The van der Waals surface area contributed by atoms with Crippen molar-refractivity contribution in [3.05, 3.63) is 96.8 Å². The molecule has 25 heavy (non-hydrogen) atoms. The Kier molecular flexibility index (Phi) is 7.02. The van der Waals surface area contributed by atoms with Crippen LogP contribution >= 0.6 is 31.9 Å². The van der Waals surface area contributed by atoms with Crippen LogP contribution in [0.4, 0.5) is 0 Å². The van der Waals surface area contributed by atoms with Crippen LogP contribution in [-0.2, 0) is 6.54 Å². The third kappa shape index (κ3) is 5.06. The Morgan fingerprint density at radius 3 is 1.88 bits per heavy atom. The van der Waals surface area contributed by atoms with Crippen LogP contribution in [0.2, 0.25) is 0 Å². The van der Waals surface area contributed by atoms with Crippen LogP contribution in [-0.4, -0.2) is 9.67 Å². The van der Waals surface area contributed by atoms with E-state index in [0.717, 1.165) is 5.56 Å². The number of pyridine rings is 1. The van der Waals surface area contributed by atoms with Crippen LogP contribution in [0.25, 0.3) is 0 Å². The Balaban J connectivity index is 0.000000269. The van der Waals surface area contributed by atoms with E-state index >= 15 is 0 Å². The van der Waals surface area contributed by atoms with Crippen molar-refractivity contribution in [2.24, 2.45) is 0 Å². The van der Waals surface area contributed by atoms with Gasteiger partial charge in [-0.2, -0.15) is 0 Å². The van der Waals surface area contributed by atoms with Crippen molar-refractivity contribution in [1.29, 1.82) is 0 Å². The first kappa shape index (κ1) is 19.5. The molecule has 1 N–H and O–H groups in total. The fourth-order valence-corrected chi connectivity index (χ4v) is 3.34. The molecule has 130 valence electrons. The molecule has 1 aromatic heterocycles. The molecule has 0 saturated heterocycles. The molecule has 3 aromatic rings. The van der Waals surface area contributed by atoms with E-state index in [1.807, 2.05) is 48.5 Å². The molecular formula is C20H19Br2NO2. The molecule has 0 aliphatic rings. The van der Waals surface area contributed by atoms with Gasteiger partial charge in [-0.25, -0.2) is 0 Å². The lowest BCUT2D eigenvalue weighted by molar-refractivity contribution is 0.462. The smallest absolute Gasteiger partial charge is 0.269 e. The zero-order chi connectivity index (χ0) is 18.4. The SMILES string of the molecule is Cc1c(Br)c(O)c(Br)c(=O)n1Cc1ccccc1.Cc1ccccc1. The van der Waals surface area contributed by atoms with Gasteiger partial charge in [0.15, 0.2) is 5.75 Å². The van der Waals surface area contributed by atoms with E-state index in [1.165, 1.54) is 5.56 Å². The standard InChI is InChI=1S/C13H11Br2NO2.C7H8/c1-8-10(14)12(17)11(15)13(18)16(8)7-9-5-3-2-4-6-9;1-7-5-3-2-4-6-7/h2-6,17H,7H2,1H3;2-6H,1H3. The molecule has 0 amide bonds. The van der Waals surface area contributed by atoms with Crippen LogP contribution in [0.5, 0.6) is 5.75 Å². The summed E-state index contributed by atoms with van der Waals surface area (Å²) in [6.45, 7) is 4.35. The lowest BCUT2D eigenvalue weighted by atomic mass is 10.2. The zero-order valence-electron chi connectivity index (χ0n) is 14.0. The second-order valence-corrected chi connectivity index (χ2v) is 7.18. The lowest BCUT2D eigenvalue weighted by Crippen LogP contribution is -2.24. The van der Waals surface area contributed by atoms with Gasteiger partial charge in [-0.3, -0.25) is 4.79 Å². The van der Waals surface area contributed by atoms with Gasteiger partial charge >= 0.3 is 0 Å². The molecule has 0 saturated carbocycles. The molecule has 0 unspecified atom stereocenters. The van der Waals surface area contributed by atoms with E-state index in [-0.39, 0.29) is 15.8 Å². The summed E-state index contributed by atoms with van der Waals surface area (Å²) in [6.07, 6.45) is 0. The summed E-state index contributed by atoms with van der Waals surface area (Å²) in [5.41, 5.74) is 2.82. The predicted molar refractivity (Wildman–Crippen MR) is 109 cm³/mol. The first-order chi connectivity index (χ1) is 11.9. The minimum atomic E-state index is -0.239. The number of halogens is 2. The van der Waals surface area contributed by atoms with E-state index in [1.54, 1.807) is 11.5 Å². The molecule has 0 fully saturated rings. The van der Waals surface area contributed by atoms with Crippen LogP contribution in [0.3, 0.4) is 0 Å². The Hall–Kier alpha value is -1.85. The Morgan fingerprint density at radius 2 is 1.40 bits per heavy atom. The van der Waals surface area contributed by atoms with Gasteiger partial charge in [0.1, 0.15) is 4.47 Å². The number of aromatic nitrogens is 1. The summed E-state index contributed by atoms with van der Waals surface area (Å²) < 4.78 is 2.32. The monoisotopic (exact) mass is 463 g/mol. The second-order valence-electron chi connectivity index (χ2n) is 5.59. The zero-order valence-corrected chi connectivity index (χ0v) is 17.2. The van der Waals surface area contributed by atoms with Crippen molar-refractivity contribution in [1.82, 2.24) is 4.57 Å². The van der Waals surface area contributed by atoms with E-state index in [4.69, 9.17) is 0 Å². The van der Waals surface area contributed by atoms with Gasteiger partial charge in [0.2, 0.25) is 0 Å². The molecule has 5 heteroatoms. The summed E-state index contributed by atoms with van der Waals surface area (Å²) in [5, 5.41) is 9.75. The minimum Gasteiger partial charge on any atom is -0.505 e. The largest absolute Gasteiger partial charge is 0.505 e. The fourth-order valence-electron chi connectivity index (χ4n) is 2.25. The highest BCUT2D eigenvalue weighted by Crippen LogP contribution is 2.31. The van der Waals surface area contributed by atoms with Crippen molar-refractivity contribution in [2.45, 2.75) is 20.4 Å². The Bertz CT molecular complexity index is 891. The molecule has 0 bridgehead atoms. The van der Waals surface area contributed by atoms with Gasteiger partial charge in [0.25, 0.3) is 5.56 Å². The van der Waals surface area contributed by atoms with Crippen molar-refractivity contribution < 1.29 is 5.11 Å². The lowest BCUT2D eigenvalue weighted by Gasteiger charge is -2.13. The number of aryl methyl sites for hydroxylation is 1. The summed E-state index contributed by atoms with van der Waals surface area (Å²) in [5.74, 6) is -0.0539. The van der Waals surface area contributed by atoms with Crippen LogP contribution < -0.4 is 5.56 Å². The number of nitrogens with zero attached hydrogens (tertiary/aromatic N) is 1.